The molecular weight excluding hydrogens is 302 g/mol. The van der Waals surface area contributed by atoms with Crippen LogP contribution >= 0.6 is 0 Å². The summed E-state index contributed by atoms with van der Waals surface area (Å²) in [5.74, 6) is 1.51. The zero-order valence-electron chi connectivity index (χ0n) is 15.1. The standard InChI is InChI=1S/C19H29N3O2/c1-19(2,3)15-9-7-14(8-10-15)12-17(23)22-11-5-4-6-16(22)18-20-13-24-21-18/h12-13,15-16H,4-11H2,1-3H3. The molecule has 1 saturated carbocycles. The third-order valence-electron chi connectivity index (χ3n) is 5.64. The number of allylic oxidation sites excluding steroid dienone is 1. The molecule has 1 aliphatic heterocycles. The molecule has 2 heterocycles. The van der Waals surface area contributed by atoms with Crippen molar-refractivity contribution in [2.24, 2.45) is 11.3 Å². The molecule has 1 aliphatic carbocycles. The van der Waals surface area contributed by atoms with E-state index in [0.29, 0.717) is 11.2 Å². The summed E-state index contributed by atoms with van der Waals surface area (Å²) in [7, 11) is 0. The molecular formula is C19H29N3O2. The summed E-state index contributed by atoms with van der Waals surface area (Å²) >= 11 is 0. The summed E-state index contributed by atoms with van der Waals surface area (Å²) in [5, 5.41) is 3.96. The Morgan fingerprint density at radius 3 is 2.62 bits per heavy atom. The van der Waals surface area contributed by atoms with Gasteiger partial charge in [0.2, 0.25) is 12.3 Å². The van der Waals surface area contributed by atoms with Gasteiger partial charge in [0.25, 0.3) is 0 Å². The quantitative estimate of drug-likeness (QED) is 0.759. The molecule has 2 fully saturated rings. The van der Waals surface area contributed by atoms with E-state index in [0.717, 1.165) is 44.6 Å². The summed E-state index contributed by atoms with van der Waals surface area (Å²) in [6, 6.07) is -0.0345. The molecule has 132 valence electrons. The molecule has 1 unspecified atom stereocenters. The van der Waals surface area contributed by atoms with Crippen LogP contribution in [0.25, 0.3) is 0 Å². The predicted octanol–water partition coefficient (Wildman–Crippen LogP) is 4.29. The minimum absolute atomic E-state index is 0.0345. The molecule has 2 aliphatic rings. The zero-order valence-corrected chi connectivity index (χ0v) is 15.1. The van der Waals surface area contributed by atoms with Crippen molar-refractivity contribution in [2.45, 2.75) is 71.8 Å². The first-order valence-corrected chi connectivity index (χ1v) is 9.21. The number of hydrogen-bond donors (Lipinski definition) is 0. The van der Waals surface area contributed by atoms with Crippen LogP contribution in [0.4, 0.5) is 0 Å². The number of piperidine rings is 1. The van der Waals surface area contributed by atoms with Gasteiger partial charge in [0, 0.05) is 12.6 Å². The summed E-state index contributed by atoms with van der Waals surface area (Å²) in [5.41, 5.74) is 1.67. The maximum absolute atomic E-state index is 12.8. The minimum atomic E-state index is -0.0345. The molecule has 1 atom stereocenters. The summed E-state index contributed by atoms with van der Waals surface area (Å²) in [6.45, 7) is 7.74. The molecule has 0 N–H and O–H groups in total. The number of aromatic nitrogens is 2. The van der Waals surface area contributed by atoms with Crippen molar-refractivity contribution in [1.82, 2.24) is 15.0 Å². The van der Waals surface area contributed by atoms with Crippen LogP contribution < -0.4 is 0 Å². The molecule has 5 heteroatoms. The van der Waals surface area contributed by atoms with E-state index in [9.17, 15) is 4.79 Å². The van der Waals surface area contributed by atoms with E-state index in [1.54, 1.807) is 0 Å². The molecule has 1 amide bonds. The fourth-order valence-electron chi connectivity index (χ4n) is 4.05. The first-order valence-electron chi connectivity index (χ1n) is 9.21. The van der Waals surface area contributed by atoms with Crippen molar-refractivity contribution < 1.29 is 9.32 Å². The summed E-state index contributed by atoms with van der Waals surface area (Å²) in [6.07, 6.45) is 10.8. The fraction of sp³-hybridized carbons (Fsp3) is 0.737. The average Bonchev–Trinajstić information content (AvgIpc) is 3.09. The maximum atomic E-state index is 12.8. The Balaban J connectivity index is 1.65. The van der Waals surface area contributed by atoms with Crippen LogP contribution in [0.15, 0.2) is 22.6 Å². The second kappa shape index (κ2) is 7.08. The molecule has 3 rings (SSSR count). The van der Waals surface area contributed by atoms with E-state index in [2.05, 4.69) is 30.9 Å². The molecule has 0 aromatic carbocycles. The van der Waals surface area contributed by atoms with Crippen molar-refractivity contribution in [1.29, 1.82) is 0 Å². The van der Waals surface area contributed by atoms with Gasteiger partial charge in [-0.15, -0.1) is 0 Å². The molecule has 1 saturated heterocycles. The number of likely N-dealkylation sites (tertiary alicyclic amines) is 1. The second-order valence-corrected chi connectivity index (χ2v) is 8.28. The predicted molar refractivity (Wildman–Crippen MR) is 92.1 cm³/mol. The van der Waals surface area contributed by atoms with E-state index in [1.807, 2.05) is 11.0 Å². The van der Waals surface area contributed by atoms with Gasteiger partial charge in [-0.05, 0) is 56.3 Å². The van der Waals surface area contributed by atoms with E-state index in [1.165, 1.54) is 24.8 Å². The number of amides is 1. The van der Waals surface area contributed by atoms with Gasteiger partial charge in [0.15, 0.2) is 5.82 Å². The topological polar surface area (TPSA) is 59.2 Å². The van der Waals surface area contributed by atoms with Gasteiger partial charge in [0.1, 0.15) is 0 Å². The summed E-state index contributed by atoms with van der Waals surface area (Å²) in [4.78, 5) is 18.9. The Hall–Kier alpha value is -1.65. The van der Waals surface area contributed by atoms with E-state index in [-0.39, 0.29) is 11.9 Å². The number of rotatable bonds is 2. The Morgan fingerprint density at radius 2 is 2.00 bits per heavy atom. The third kappa shape index (κ3) is 3.87. The van der Waals surface area contributed by atoms with Crippen molar-refractivity contribution in [3.8, 4) is 0 Å². The first kappa shape index (κ1) is 17.2. The molecule has 0 bridgehead atoms. The summed E-state index contributed by atoms with van der Waals surface area (Å²) < 4.78 is 4.87. The lowest BCUT2D eigenvalue weighted by molar-refractivity contribution is -0.130. The largest absolute Gasteiger partial charge is 0.343 e. The van der Waals surface area contributed by atoms with Gasteiger partial charge in [-0.2, -0.15) is 4.98 Å². The number of carbonyl (C=O) groups is 1. The van der Waals surface area contributed by atoms with Gasteiger partial charge in [-0.25, -0.2) is 0 Å². The van der Waals surface area contributed by atoms with Crippen molar-refractivity contribution in [3.63, 3.8) is 0 Å². The van der Waals surface area contributed by atoms with Gasteiger partial charge in [0.05, 0.1) is 6.04 Å². The van der Waals surface area contributed by atoms with Crippen molar-refractivity contribution in [2.75, 3.05) is 6.54 Å². The molecule has 1 aromatic rings. The molecule has 0 radical (unpaired) electrons. The van der Waals surface area contributed by atoms with E-state index in [4.69, 9.17) is 4.52 Å². The lowest BCUT2D eigenvalue weighted by Crippen LogP contribution is -2.38. The maximum Gasteiger partial charge on any atom is 0.247 e. The zero-order chi connectivity index (χ0) is 17.2. The molecule has 0 spiro atoms. The van der Waals surface area contributed by atoms with Gasteiger partial charge in [-0.1, -0.05) is 31.5 Å². The van der Waals surface area contributed by atoms with Crippen LogP contribution in [-0.4, -0.2) is 27.5 Å². The van der Waals surface area contributed by atoms with Crippen LogP contribution in [0.5, 0.6) is 0 Å². The van der Waals surface area contributed by atoms with Crippen LogP contribution in [0.2, 0.25) is 0 Å². The first-order chi connectivity index (χ1) is 11.4. The second-order valence-electron chi connectivity index (χ2n) is 8.28. The Labute approximate surface area is 144 Å². The Bertz CT molecular complexity index is 576. The number of hydrogen-bond acceptors (Lipinski definition) is 4. The minimum Gasteiger partial charge on any atom is -0.343 e. The fourth-order valence-corrected chi connectivity index (χ4v) is 4.05. The van der Waals surface area contributed by atoms with Crippen LogP contribution in [-0.2, 0) is 4.79 Å². The Kier molecular flexibility index (Phi) is 5.07. The average molecular weight is 331 g/mol. The van der Waals surface area contributed by atoms with E-state index >= 15 is 0 Å². The molecule has 24 heavy (non-hydrogen) atoms. The van der Waals surface area contributed by atoms with Gasteiger partial charge < -0.3 is 9.42 Å². The van der Waals surface area contributed by atoms with E-state index < -0.39 is 0 Å². The number of nitrogens with zero attached hydrogens (tertiary/aromatic N) is 3. The van der Waals surface area contributed by atoms with Crippen LogP contribution in [0.1, 0.15) is 77.6 Å². The third-order valence-corrected chi connectivity index (χ3v) is 5.64. The highest BCUT2D eigenvalue weighted by molar-refractivity contribution is 5.88. The SMILES string of the molecule is CC(C)(C)C1CCC(=CC(=O)N2CCCCC2c2ncon2)CC1. The van der Waals surface area contributed by atoms with Gasteiger partial charge in [-0.3, -0.25) is 4.79 Å². The van der Waals surface area contributed by atoms with Crippen LogP contribution in [0, 0.1) is 11.3 Å². The monoisotopic (exact) mass is 331 g/mol. The lowest BCUT2D eigenvalue weighted by Gasteiger charge is -2.35. The smallest absolute Gasteiger partial charge is 0.247 e. The van der Waals surface area contributed by atoms with Gasteiger partial charge >= 0.3 is 0 Å². The highest BCUT2D eigenvalue weighted by Crippen LogP contribution is 2.39. The molecule has 1 aromatic heterocycles. The van der Waals surface area contributed by atoms with Crippen molar-refractivity contribution in [3.05, 3.63) is 23.9 Å². The highest BCUT2D eigenvalue weighted by atomic mass is 16.5. The highest BCUT2D eigenvalue weighted by Gasteiger charge is 2.31. The number of carbonyl (C=O) groups excluding carboxylic acids is 1. The van der Waals surface area contributed by atoms with Crippen LogP contribution in [0.3, 0.4) is 0 Å². The Morgan fingerprint density at radius 1 is 1.25 bits per heavy atom. The van der Waals surface area contributed by atoms with Crippen molar-refractivity contribution >= 4 is 5.91 Å². The molecule has 5 nitrogen and oxygen atoms in total. The lowest BCUT2D eigenvalue weighted by atomic mass is 9.71. The normalized spacial score (nSPS) is 25.6.